The SMILES string of the molecule is CC(=O)O.CC(=O)O.N.N.[H-].[Na+]. The van der Waals surface area contributed by atoms with Crippen molar-refractivity contribution in [2.75, 3.05) is 0 Å². The molecule has 0 bridgehead atoms. The fraction of sp³-hybridized carbons (Fsp3) is 0.500. The van der Waals surface area contributed by atoms with Crippen LogP contribution < -0.4 is 41.9 Å². The molecule has 0 radical (unpaired) electrons. The molecule has 8 N–H and O–H groups in total. The van der Waals surface area contributed by atoms with Crippen molar-refractivity contribution in [2.24, 2.45) is 0 Å². The van der Waals surface area contributed by atoms with Crippen LogP contribution in [0.15, 0.2) is 0 Å². The molecule has 0 amide bonds. The second kappa shape index (κ2) is 22.5. The molecule has 0 heterocycles. The van der Waals surface area contributed by atoms with Gasteiger partial charge in [-0.05, 0) is 0 Å². The molecule has 7 heteroatoms. The molecule has 0 aliphatic carbocycles. The molecule has 6 nitrogen and oxygen atoms in total. The van der Waals surface area contributed by atoms with Crippen LogP contribution in [-0.2, 0) is 9.59 Å². The van der Waals surface area contributed by atoms with E-state index in [-0.39, 0.29) is 43.3 Å². The molecular formula is C4H15N2NaO4. The van der Waals surface area contributed by atoms with Gasteiger partial charge in [-0.3, -0.25) is 9.59 Å². The molecule has 0 aliphatic heterocycles. The standard InChI is InChI=1S/2C2H4O2.2H3N.Na.H/c2*1-2(3)4;;;;/h2*1H3,(H,3,4);2*1H3;;/q;;;;+1;-1. The fourth-order valence-electron chi connectivity index (χ4n) is 0. The maximum atomic E-state index is 9.00. The Kier molecular flexibility index (Phi) is 63.0. The van der Waals surface area contributed by atoms with Gasteiger partial charge >= 0.3 is 29.6 Å². The summed E-state index contributed by atoms with van der Waals surface area (Å²) < 4.78 is 0. The molecule has 11 heavy (non-hydrogen) atoms. The fourth-order valence-corrected chi connectivity index (χ4v) is 0. The summed E-state index contributed by atoms with van der Waals surface area (Å²) in [6, 6.07) is 0. The monoisotopic (exact) mass is 178 g/mol. The van der Waals surface area contributed by atoms with Crippen LogP contribution in [0.4, 0.5) is 0 Å². The molecule has 0 aromatic heterocycles. The van der Waals surface area contributed by atoms with Crippen molar-refractivity contribution in [3.05, 3.63) is 0 Å². The van der Waals surface area contributed by atoms with Gasteiger partial charge in [0.05, 0.1) is 0 Å². The molecule has 0 aromatic carbocycles. The molecule has 0 aliphatic rings. The Bertz CT molecular complexity index is 83.1. The van der Waals surface area contributed by atoms with E-state index >= 15 is 0 Å². The zero-order valence-electron chi connectivity index (χ0n) is 8.13. The van der Waals surface area contributed by atoms with Gasteiger partial charge < -0.3 is 23.9 Å². The molecule has 0 spiro atoms. The van der Waals surface area contributed by atoms with Gasteiger partial charge in [-0.2, -0.15) is 0 Å². The van der Waals surface area contributed by atoms with Crippen LogP contribution in [0, 0.1) is 0 Å². The van der Waals surface area contributed by atoms with Gasteiger partial charge in [0, 0.05) is 13.8 Å². The second-order valence-electron chi connectivity index (χ2n) is 1.04. The third kappa shape index (κ3) is 31100. The third-order valence-electron chi connectivity index (χ3n) is 0. The predicted octanol–water partition coefficient (Wildman–Crippen LogP) is -2.38. The first-order valence-electron chi connectivity index (χ1n) is 1.86. The van der Waals surface area contributed by atoms with Crippen molar-refractivity contribution in [3.8, 4) is 0 Å². The van der Waals surface area contributed by atoms with Crippen LogP contribution in [0.2, 0.25) is 0 Å². The van der Waals surface area contributed by atoms with E-state index in [4.69, 9.17) is 19.8 Å². The quantitative estimate of drug-likeness (QED) is 0.305. The number of rotatable bonds is 0. The van der Waals surface area contributed by atoms with Crippen molar-refractivity contribution in [2.45, 2.75) is 13.8 Å². The largest absolute Gasteiger partial charge is 1.00 e. The summed E-state index contributed by atoms with van der Waals surface area (Å²) in [6.45, 7) is 2.17. The molecule has 66 valence electrons. The molecular weight excluding hydrogens is 163 g/mol. The summed E-state index contributed by atoms with van der Waals surface area (Å²) in [7, 11) is 0. The Morgan fingerprint density at radius 3 is 1.00 bits per heavy atom. The number of hydrogen-bond acceptors (Lipinski definition) is 4. The topological polar surface area (TPSA) is 145 Å². The summed E-state index contributed by atoms with van der Waals surface area (Å²) >= 11 is 0. The van der Waals surface area contributed by atoms with Crippen molar-refractivity contribution in [1.29, 1.82) is 0 Å². The van der Waals surface area contributed by atoms with Crippen LogP contribution in [0.25, 0.3) is 0 Å². The van der Waals surface area contributed by atoms with Gasteiger partial charge in [0.25, 0.3) is 11.9 Å². The first kappa shape index (κ1) is 30.7. The van der Waals surface area contributed by atoms with E-state index in [1.807, 2.05) is 0 Å². The molecule has 0 rings (SSSR count). The van der Waals surface area contributed by atoms with Crippen molar-refractivity contribution >= 4 is 11.9 Å². The number of aliphatic carboxylic acids is 2. The van der Waals surface area contributed by atoms with Gasteiger partial charge in [0.2, 0.25) is 0 Å². The Morgan fingerprint density at radius 1 is 1.00 bits per heavy atom. The zero-order chi connectivity index (χ0) is 7.15. The number of carboxylic acid groups (broad SMARTS) is 2. The van der Waals surface area contributed by atoms with E-state index in [1.54, 1.807) is 0 Å². The van der Waals surface area contributed by atoms with Gasteiger partial charge in [-0.25, -0.2) is 0 Å². The number of carboxylic acids is 2. The number of hydrogen-bond donors (Lipinski definition) is 4. The Morgan fingerprint density at radius 2 is 1.00 bits per heavy atom. The van der Waals surface area contributed by atoms with Crippen molar-refractivity contribution in [3.63, 3.8) is 0 Å². The van der Waals surface area contributed by atoms with Gasteiger partial charge in [-0.15, -0.1) is 0 Å². The van der Waals surface area contributed by atoms with E-state index < -0.39 is 11.9 Å². The molecule has 0 atom stereocenters. The summed E-state index contributed by atoms with van der Waals surface area (Å²) in [5, 5.41) is 14.8. The minimum absolute atomic E-state index is 0. The van der Waals surface area contributed by atoms with Crippen LogP contribution in [-0.4, -0.2) is 22.2 Å². The normalized spacial score (nSPS) is 4.55. The minimum Gasteiger partial charge on any atom is -1.00 e. The average molecular weight is 178 g/mol. The van der Waals surface area contributed by atoms with Gasteiger partial charge in [-0.1, -0.05) is 0 Å². The second-order valence-corrected chi connectivity index (χ2v) is 1.04. The smallest absolute Gasteiger partial charge is 1.00 e. The maximum Gasteiger partial charge on any atom is 1.00 e. The van der Waals surface area contributed by atoms with E-state index in [9.17, 15) is 0 Å². The predicted molar refractivity (Wildman–Crippen MR) is 37.8 cm³/mol. The number of carbonyl (C=O) groups is 2. The Hall–Kier alpha value is -0.140. The molecule has 0 fully saturated rings. The summed E-state index contributed by atoms with van der Waals surface area (Å²) in [4.78, 5) is 18.0. The summed E-state index contributed by atoms with van der Waals surface area (Å²) in [6.07, 6.45) is 0. The summed E-state index contributed by atoms with van der Waals surface area (Å²) in [5.41, 5.74) is 0. The van der Waals surface area contributed by atoms with Crippen LogP contribution in [0.1, 0.15) is 15.3 Å². The molecule has 0 unspecified atom stereocenters. The van der Waals surface area contributed by atoms with E-state index in [2.05, 4.69) is 0 Å². The van der Waals surface area contributed by atoms with Crippen LogP contribution in [0.5, 0.6) is 0 Å². The summed E-state index contributed by atoms with van der Waals surface area (Å²) in [5.74, 6) is -1.67. The molecule has 0 saturated carbocycles. The Labute approximate surface area is 88.9 Å². The van der Waals surface area contributed by atoms with Gasteiger partial charge in [0.15, 0.2) is 0 Å². The van der Waals surface area contributed by atoms with E-state index in [0.29, 0.717) is 0 Å². The third-order valence-corrected chi connectivity index (χ3v) is 0. The van der Waals surface area contributed by atoms with Crippen molar-refractivity contribution < 1.29 is 50.8 Å². The van der Waals surface area contributed by atoms with Crippen LogP contribution in [0.3, 0.4) is 0 Å². The van der Waals surface area contributed by atoms with Crippen molar-refractivity contribution in [1.82, 2.24) is 12.3 Å². The first-order chi connectivity index (χ1) is 3.46. The Balaban J connectivity index is -0.0000000112. The minimum atomic E-state index is -0.833. The van der Waals surface area contributed by atoms with E-state index in [0.717, 1.165) is 13.8 Å². The zero-order valence-corrected chi connectivity index (χ0v) is 9.13. The molecule has 0 aromatic rings. The molecule has 0 saturated heterocycles. The maximum absolute atomic E-state index is 9.00. The van der Waals surface area contributed by atoms with Crippen LogP contribution >= 0.6 is 0 Å². The van der Waals surface area contributed by atoms with Gasteiger partial charge in [0.1, 0.15) is 0 Å². The first-order valence-corrected chi connectivity index (χ1v) is 1.86. The van der Waals surface area contributed by atoms with E-state index in [1.165, 1.54) is 0 Å². The average Bonchev–Trinajstić information content (AvgIpc) is 1.25.